The van der Waals surface area contributed by atoms with E-state index in [-0.39, 0.29) is 11.7 Å². The zero-order chi connectivity index (χ0) is 14.8. The van der Waals surface area contributed by atoms with Crippen LogP contribution >= 0.6 is 11.6 Å². The van der Waals surface area contributed by atoms with Crippen LogP contribution in [0, 0.1) is 5.92 Å². The first-order chi connectivity index (χ1) is 10.1. The van der Waals surface area contributed by atoms with Crippen LogP contribution in [0.4, 0.5) is 0 Å². The van der Waals surface area contributed by atoms with Gasteiger partial charge < -0.3 is 15.3 Å². The van der Waals surface area contributed by atoms with Gasteiger partial charge in [-0.3, -0.25) is 4.79 Å². The smallest absolute Gasteiger partial charge is 0.255 e. The van der Waals surface area contributed by atoms with Crippen molar-refractivity contribution in [2.75, 3.05) is 19.6 Å². The van der Waals surface area contributed by atoms with Crippen molar-refractivity contribution in [1.29, 1.82) is 0 Å². The summed E-state index contributed by atoms with van der Waals surface area (Å²) < 4.78 is 0. The fourth-order valence-electron chi connectivity index (χ4n) is 2.96. The Kier molecular flexibility index (Phi) is 4.36. The number of benzene rings is 1. The summed E-state index contributed by atoms with van der Waals surface area (Å²) in [6, 6.07) is 4.92. The van der Waals surface area contributed by atoms with Gasteiger partial charge in [-0.15, -0.1) is 0 Å². The molecule has 2 aliphatic rings. The van der Waals surface area contributed by atoms with Gasteiger partial charge in [-0.1, -0.05) is 11.6 Å². The molecule has 5 heteroatoms. The van der Waals surface area contributed by atoms with Crippen LogP contribution < -0.4 is 5.32 Å². The third kappa shape index (κ3) is 3.50. The number of phenols is 1. The number of carbonyl (C=O) groups excluding carboxylic acids is 1. The summed E-state index contributed by atoms with van der Waals surface area (Å²) in [7, 11) is 0. The van der Waals surface area contributed by atoms with Gasteiger partial charge in [0.25, 0.3) is 5.91 Å². The van der Waals surface area contributed by atoms with E-state index in [1.54, 1.807) is 6.07 Å². The van der Waals surface area contributed by atoms with Crippen LogP contribution in [0.2, 0.25) is 5.02 Å². The second kappa shape index (κ2) is 6.24. The van der Waals surface area contributed by atoms with E-state index >= 15 is 0 Å². The normalized spacial score (nSPS) is 19.5. The topological polar surface area (TPSA) is 52.6 Å². The monoisotopic (exact) mass is 308 g/mol. The number of nitrogens with zero attached hydrogens (tertiary/aromatic N) is 1. The molecule has 0 aromatic heterocycles. The Bertz CT molecular complexity index is 525. The molecule has 2 N–H and O–H groups in total. The van der Waals surface area contributed by atoms with Gasteiger partial charge in [-0.2, -0.15) is 0 Å². The van der Waals surface area contributed by atoms with Crippen molar-refractivity contribution in [3.63, 3.8) is 0 Å². The van der Waals surface area contributed by atoms with Gasteiger partial charge in [0.15, 0.2) is 0 Å². The zero-order valence-electron chi connectivity index (χ0n) is 12.0. The van der Waals surface area contributed by atoms with Gasteiger partial charge in [0.2, 0.25) is 0 Å². The Hall–Kier alpha value is -1.26. The number of hydrogen-bond donors (Lipinski definition) is 2. The molecule has 1 saturated heterocycles. The molecule has 1 aliphatic carbocycles. The number of amides is 1. The standard InChI is InChI=1S/C16H21ClN2O2/c17-15-4-3-13(20)9-14(15)16(21)19(12-1-2-12)10-11-5-7-18-8-6-11/h3-4,9,11-12,18,20H,1-2,5-8,10H2. The lowest BCUT2D eigenvalue weighted by Crippen LogP contribution is -2.40. The predicted octanol–water partition coefficient (Wildman–Crippen LogP) is 2.65. The summed E-state index contributed by atoms with van der Waals surface area (Å²) in [5.41, 5.74) is 0.414. The van der Waals surface area contributed by atoms with Gasteiger partial charge in [-0.05, 0) is 62.9 Å². The summed E-state index contributed by atoms with van der Waals surface area (Å²) in [5, 5.41) is 13.4. The molecule has 4 nitrogen and oxygen atoms in total. The highest BCUT2D eigenvalue weighted by Gasteiger charge is 2.35. The molecular formula is C16H21ClN2O2. The molecule has 114 valence electrons. The van der Waals surface area contributed by atoms with Crippen LogP contribution in [0.3, 0.4) is 0 Å². The lowest BCUT2D eigenvalue weighted by atomic mass is 9.97. The van der Waals surface area contributed by atoms with Crippen molar-refractivity contribution in [3.8, 4) is 5.75 Å². The SMILES string of the molecule is O=C(c1cc(O)ccc1Cl)N(CC1CCNCC1)C1CC1. The average molecular weight is 309 g/mol. The minimum Gasteiger partial charge on any atom is -0.508 e. The first-order valence-corrected chi connectivity index (χ1v) is 8.03. The maximum absolute atomic E-state index is 12.8. The molecule has 0 bridgehead atoms. The maximum atomic E-state index is 12.8. The molecule has 1 saturated carbocycles. The second-order valence-electron chi connectivity index (χ2n) is 6.05. The summed E-state index contributed by atoms with van der Waals surface area (Å²) in [6.45, 7) is 2.87. The van der Waals surface area contributed by atoms with Crippen LogP contribution in [0.5, 0.6) is 5.75 Å². The largest absolute Gasteiger partial charge is 0.508 e. The van der Waals surface area contributed by atoms with E-state index in [0.717, 1.165) is 45.3 Å². The lowest BCUT2D eigenvalue weighted by molar-refractivity contribution is 0.0701. The molecule has 1 aliphatic heterocycles. The Morgan fingerprint density at radius 3 is 2.67 bits per heavy atom. The molecule has 0 radical (unpaired) electrons. The molecule has 0 atom stereocenters. The molecule has 1 aromatic carbocycles. The van der Waals surface area contributed by atoms with E-state index in [1.165, 1.54) is 12.1 Å². The van der Waals surface area contributed by atoms with Crippen molar-refractivity contribution < 1.29 is 9.90 Å². The van der Waals surface area contributed by atoms with Gasteiger partial charge in [0, 0.05) is 12.6 Å². The summed E-state index contributed by atoms with van der Waals surface area (Å²) in [5.74, 6) is 0.601. The number of halogens is 1. The van der Waals surface area contributed by atoms with E-state index in [9.17, 15) is 9.90 Å². The van der Waals surface area contributed by atoms with Crippen molar-refractivity contribution >= 4 is 17.5 Å². The van der Waals surface area contributed by atoms with E-state index in [1.807, 2.05) is 4.90 Å². The van der Waals surface area contributed by atoms with Crippen LogP contribution in [-0.4, -0.2) is 41.6 Å². The van der Waals surface area contributed by atoms with Gasteiger partial charge >= 0.3 is 0 Å². The lowest BCUT2D eigenvalue weighted by Gasteiger charge is -2.30. The Balaban J connectivity index is 1.76. The first kappa shape index (κ1) is 14.7. The Morgan fingerprint density at radius 1 is 1.29 bits per heavy atom. The van der Waals surface area contributed by atoms with E-state index < -0.39 is 0 Å². The molecule has 1 amide bonds. The third-order valence-corrected chi connectivity index (χ3v) is 4.67. The number of aromatic hydroxyl groups is 1. The molecule has 1 aromatic rings. The predicted molar refractivity (Wildman–Crippen MR) is 82.8 cm³/mol. The van der Waals surface area contributed by atoms with Crippen molar-refractivity contribution in [3.05, 3.63) is 28.8 Å². The summed E-state index contributed by atoms with van der Waals surface area (Å²) in [4.78, 5) is 14.8. The number of rotatable bonds is 4. The van der Waals surface area contributed by atoms with Crippen molar-refractivity contribution in [1.82, 2.24) is 10.2 Å². The first-order valence-electron chi connectivity index (χ1n) is 7.65. The number of carbonyl (C=O) groups is 1. The quantitative estimate of drug-likeness (QED) is 0.899. The highest BCUT2D eigenvalue weighted by Crippen LogP contribution is 2.32. The Morgan fingerprint density at radius 2 is 2.00 bits per heavy atom. The number of hydrogen-bond acceptors (Lipinski definition) is 3. The van der Waals surface area contributed by atoms with Crippen LogP contribution in [0.25, 0.3) is 0 Å². The fraction of sp³-hybridized carbons (Fsp3) is 0.562. The molecule has 2 fully saturated rings. The Labute approximate surface area is 130 Å². The maximum Gasteiger partial charge on any atom is 0.255 e. The van der Waals surface area contributed by atoms with E-state index in [4.69, 9.17) is 11.6 Å². The second-order valence-corrected chi connectivity index (χ2v) is 6.45. The molecular weight excluding hydrogens is 288 g/mol. The van der Waals surface area contributed by atoms with Crippen LogP contribution in [-0.2, 0) is 0 Å². The molecule has 3 rings (SSSR count). The molecule has 0 unspecified atom stereocenters. The molecule has 21 heavy (non-hydrogen) atoms. The van der Waals surface area contributed by atoms with Crippen molar-refractivity contribution in [2.45, 2.75) is 31.7 Å². The van der Waals surface area contributed by atoms with Crippen molar-refractivity contribution in [2.24, 2.45) is 5.92 Å². The summed E-state index contributed by atoms with van der Waals surface area (Å²) in [6.07, 6.45) is 4.38. The number of phenolic OH excluding ortho intramolecular Hbond substituents is 1. The van der Waals surface area contributed by atoms with E-state index in [0.29, 0.717) is 22.5 Å². The van der Waals surface area contributed by atoms with Crippen LogP contribution in [0.1, 0.15) is 36.0 Å². The molecule has 1 heterocycles. The minimum absolute atomic E-state index is 0.0445. The number of nitrogens with one attached hydrogen (secondary N) is 1. The van der Waals surface area contributed by atoms with Gasteiger partial charge in [0.1, 0.15) is 5.75 Å². The van der Waals surface area contributed by atoms with E-state index in [2.05, 4.69) is 5.32 Å². The fourth-order valence-corrected chi connectivity index (χ4v) is 3.16. The highest BCUT2D eigenvalue weighted by atomic mass is 35.5. The van der Waals surface area contributed by atoms with Crippen LogP contribution in [0.15, 0.2) is 18.2 Å². The minimum atomic E-state index is -0.0445. The average Bonchev–Trinajstić information content (AvgIpc) is 3.32. The highest BCUT2D eigenvalue weighted by molar-refractivity contribution is 6.33. The van der Waals surface area contributed by atoms with Gasteiger partial charge in [0.05, 0.1) is 10.6 Å². The van der Waals surface area contributed by atoms with Gasteiger partial charge in [-0.25, -0.2) is 0 Å². The molecule has 0 spiro atoms. The number of piperidine rings is 1. The zero-order valence-corrected chi connectivity index (χ0v) is 12.8. The summed E-state index contributed by atoms with van der Waals surface area (Å²) >= 11 is 6.13. The third-order valence-electron chi connectivity index (χ3n) is 4.34.